The first-order chi connectivity index (χ1) is 5.66. The van der Waals surface area contributed by atoms with E-state index in [2.05, 4.69) is 0 Å². The molecule has 1 saturated heterocycles. The molecule has 1 heterocycles. The van der Waals surface area contributed by atoms with Crippen LogP contribution in [0.25, 0.3) is 0 Å². The Morgan fingerprint density at radius 2 is 2.42 bits per heavy atom. The van der Waals surface area contributed by atoms with Crippen molar-refractivity contribution in [3.05, 3.63) is 0 Å². The number of alkyl halides is 1. The Bertz CT molecular complexity index is 176. The summed E-state index contributed by atoms with van der Waals surface area (Å²) in [6.45, 7) is -0.481. The minimum absolute atomic E-state index is 0.400. The van der Waals surface area contributed by atoms with Crippen LogP contribution < -0.4 is 0 Å². The van der Waals surface area contributed by atoms with Crippen molar-refractivity contribution in [3.8, 4) is 0 Å². The summed E-state index contributed by atoms with van der Waals surface area (Å²) in [6.07, 6.45) is -0.987. The zero-order chi connectivity index (χ0) is 9.14. The van der Waals surface area contributed by atoms with Crippen LogP contribution in [-0.2, 0) is 0 Å². The average molecular weight is 177 g/mol. The van der Waals surface area contributed by atoms with Gasteiger partial charge >= 0.3 is 6.09 Å². The lowest BCUT2D eigenvalue weighted by Crippen LogP contribution is -2.42. The molecule has 0 saturated carbocycles. The van der Waals surface area contributed by atoms with Crippen LogP contribution in [0.5, 0.6) is 0 Å². The quantitative estimate of drug-likeness (QED) is 0.644. The van der Waals surface area contributed by atoms with Gasteiger partial charge in [0, 0.05) is 6.54 Å². The fraction of sp³-hybridized carbons (Fsp3) is 0.857. The predicted octanol–water partition coefficient (Wildman–Crippen LogP) is 0.459. The summed E-state index contributed by atoms with van der Waals surface area (Å²) in [5.41, 5.74) is 0. The summed E-state index contributed by atoms with van der Waals surface area (Å²) >= 11 is 0. The van der Waals surface area contributed by atoms with Crippen molar-refractivity contribution >= 4 is 6.09 Å². The fourth-order valence-electron chi connectivity index (χ4n) is 1.53. The van der Waals surface area contributed by atoms with Crippen LogP contribution in [-0.4, -0.2) is 46.6 Å². The third-order valence-electron chi connectivity index (χ3n) is 2.15. The molecule has 2 N–H and O–H groups in total. The van der Waals surface area contributed by atoms with Crippen LogP contribution >= 0.6 is 0 Å². The molecule has 0 radical (unpaired) electrons. The number of aliphatic hydroxyl groups excluding tert-OH is 1. The summed E-state index contributed by atoms with van der Waals surface area (Å²) in [4.78, 5) is 11.6. The standard InChI is InChI=1S/C7H12FNO3/c8-4-6(10)5-2-1-3-9(5)7(11)12/h5-6,10H,1-4H2,(H,11,12)/t5-,6?/m0/s1. The van der Waals surface area contributed by atoms with Crippen LogP contribution in [0.2, 0.25) is 0 Å². The van der Waals surface area contributed by atoms with Crippen LogP contribution in [0.3, 0.4) is 0 Å². The number of likely N-dealkylation sites (tertiary alicyclic amines) is 1. The number of rotatable bonds is 2. The Balaban J connectivity index is 2.57. The molecule has 0 aromatic heterocycles. The van der Waals surface area contributed by atoms with E-state index >= 15 is 0 Å². The maximum Gasteiger partial charge on any atom is 0.407 e. The molecule has 1 aliphatic heterocycles. The van der Waals surface area contributed by atoms with Crippen LogP contribution in [0.1, 0.15) is 12.8 Å². The highest BCUT2D eigenvalue weighted by molar-refractivity contribution is 5.65. The normalized spacial score (nSPS) is 25.8. The van der Waals surface area contributed by atoms with Crippen molar-refractivity contribution in [2.24, 2.45) is 0 Å². The van der Waals surface area contributed by atoms with E-state index in [-0.39, 0.29) is 0 Å². The van der Waals surface area contributed by atoms with Gasteiger partial charge in [0.25, 0.3) is 0 Å². The molecule has 0 bridgehead atoms. The zero-order valence-electron chi connectivity index (χ0n) is 6.61. The topological polar surface area (TPSA) is 60.8 Å². The largest absolute Gasteiger partial charge is 0.465 e. The molecule has 1 amide bonds. The highest BCUT2D eigenvalue weighted by Gasteiger charge is 2.33. The molecular weight excluding hydrogens is 165 g/mol. The van der Waals surface area contributed by atoms with Gasteiger partial charge in [-0.15, -0.1) is 0 Å². The van der Waals surface area contributed by atoms with Crippen LogP contribution in [0, 0.1) is 0 Å². The molecule has 0 aliphatic carbocycles. The van der Waals surface area contributed by atoms with Gasteiger partial charge < -0.3 is 15.1 Å². The zero-order valence-corrected chi connectivity index (χ0v) is 6.61. The van der Waals surface area contributed by atoms with E-state index in [1.54, 1.807) is 0 Å². The van der Waals surface area contributed by atoms with Gasteiger partial charge in [-0.2, -0.15) is 0 Å². The van der Waals surface area contributed by atoms with Crippen LogP contribution in [0.4, 0.5) is 9.18 Å². The molecule has 12 heavy (non-hydrogen) atoms. The van der Waals surface area contributed by atoms with Crippen molar-refractivity contribution < 1.29 is 19.4 Å². The number of hydrogen-bond acceptors (Lipinski definition) is 2. The van der Waals surface area contributed by atoms with Crippen molar-refractivity contribution in [2.45, 2.75) is 25.0 Å². The Hall–Kier alpha value is -0.840. The maximum atomic E-state index is 12.0. The number of halogens is 1. The number of carbonyl (C=O) groups is 1. The first-order valence-corrected chi connectivity index (χ1v) is 3.90. The Morgan fingerprint density at radius 1 is 1.75 bits per heavy atom. The highest BCUT2D eigenvalue weighted by atomic mass is 19.1. The van der Waals surface area contributed by atoms with Gasteiger partial charge in [-0.3, -0.25) is 0 Å². The van der Waals surface area contributed by atoms with Crippen molar-refractivity contribution in [1.29, 1.82) is 0 Å². The lowest BCUT2D eigenvalue weighted by Gasteiger charge is -2.24. The molecule has 0 spiro atoms. The lowest BCUT2D eigenvalue weighted by atomic mass is 10.1. The van der Waals surface area contributed by atoms with Crippen molar-refractivity contribution in [1.82, 2.24) is 4.90 Å². The van der Waals surface area contributed by atoms with E-state index in [1.807, 2.05) is 0 Å². The lowest BCUT2D eigenvalue weighted by molar-refractivity contribution is 0.0523. The van der Waals surface area contributed by atoms with E-state index in [4.69, 9.17) is 10.2 Å². The summed E-state index contributed by atoms with van der Waals surface area (Å²) in [7, 11) is 0. The molecule has 70 valence electrons. The summed E-state index contributed by atoms with van der Waals surface area (Å²) in [6, 6.07) is -0.549. The third-order valence-corrected chi connectivity index (χ3v) is 2.15. The SMILES string of the molecule is O=C(O)N1CCC[C@H]1C(O)CF. The number of nitrogens with zero attached hydrogens (tertiary/aromatic N) is 1. The molecule has 1 unspecified atom stereocenters. The Labute approximate surface area is 69.6 Å². The predicted molar refractivity (Wildman–Crippen MR) is 39.7 cm³/mol. The summed E-state index contributed by atoms with van der Waals surface area (Å²) in [5, 5.41) is 17.7. The Kier molecular flexibility index (Phi) is 2.86. The number of carboxylic acid groups (broad SMARTS) is 1. The molecular formula is C7H12FNO3. The monoisotopic (exact) mass is 177 g/mol. The van der Waals surface area contributed by atoms with Crippen molar-refractivity contribution in [3.63, 3.8) is 0 Å². The van der Waals surface area contributed by atoms with Gasteiger partial charge in [0.15, 0.2) is 0 Å². The number of hydrogen-bond donors (Lipinski definition) is 2. The minimum atomic E-state index is -1.16. The van der Waals surface area contributed by atoms with E-state index in [9.17, 15) is 9.18 Å². The smallest absolute Gasteiger partial charge is 0.407 e. The molecule has 0 aromatic carbocycles. The molecule has 5 heteroatoms. The van der Waals surface area contributed by atoms with E-state index in [0.29, 0.717) is 19.4 Å². The first kappa shape index (κ1) is 9.25. The van der Waals surface area contributed by atoms with Gasteiger partial charge in [-0.25, -0.2) is 9.18 Å². The molecule has 1 rings (SSSR count). The molecule has 2 atom stereocenters. The molecule has 1 aliphatic rings. The number of aliphatic hydroxyl groups is 1. The molecule has 1 fully saturated rings. The van der Waals surface area contributed by atoms with Gasteiger partial charge in [0.2, 0.25) is 0 Å². The van der Waals surface area contributed by atoms with Gasteiger partial charge in [0.05, 0.1) is 6.04 Å². The van der Waals surface area contributed by atoms with Crippen molar-refractivity contribution in [2.75, 3.05) is 13.2 Å². The number of amides is 1. The molecule has 4 nitrogen and oxygen atoms in total. The van der Waals surface area contributed by atoms with E-state index in [1.165, 1.54) is 0 Å². The second-order valence-electron chi connectivity index (χ2n) is 2.91. The minimum Gasteiger partial charge on any atom is -0.465 e. The molecule has 0 aromatic rings. The average Bonchev–Trinajstić information content (AvgIpc) is 2.50. The Morgan fingerprint density at radius 3 is 2.92 bits per heavy atom. The van der Waals surface area contributed by atoms with Crippen LogP contribution in [0.15, 0.2) is 0 Å². The van der Waals surface area contributed by atoms with Gasteiger partial charge in [-0.1, -0.05) is 0 Å². The fourth-order valence-corrected chi connectivity index (χ4v) is 1.53. The summed E-state index contributed by atoms with van der Waals surface area (Å²) < 4.78 is 12.0. The maximum absolute atomic E-state index is 12.0. The summed E-state index contributed by atoms with van der Waals surface area (Å²) in [5.74, 6) is 0. The highest BCUT2D eigenvalue weighted by Crippen LogP contribution is 2.20. The van der Waals surface area contributed by atoms with E-state index < -0.39 is 24.9 Å². The second kappa shape index (κ2) is 3.71. The van der Waals surface area contributed by atoms with E-state index in [0.717, 1.165) is 4.90 Å². The second-order valence-corrected chi connectivity index (χ2v) is 2.91. The third kappa shape index (κ3) is 1.66. The van der Waals surface area contributed by atoms with Gasteiger partial charge in [-0.05, 0) is 12.8 Å². The first-order valence-electron chi connectivity index (χ1n) is 3.90. The van der Waals surface area contributed by atoms with Gasteiger partial charge in [0.1, 0.15) is 12.8 Å².